The quantitative estimate of drug-likeness (QED) is 0.508. The summed E-state index contributed by atoms with van der Waals surface area (Å²) in [6.07, 6.45) is 5.05. The van der Waals surface area contributed by atoms with Crippen LogP contribution >= 0.6 is 11.6 Å². The summed E-state index contributed by atoms with van der Waals surface area (Å²) in [6, 6.07) is 2.89. The molecule has 0 bridgehead atoms. The first-order valence-electron chi connectivity index (χ1n) is 9.76. The lowest BCUT2D eigenvalue weighted by Crippen LogP contribution is -2.48. The lowest BCUT2D eigenvalue weighted by molar-refractivity contribution is -0.147. The van der Waals surface area contributed by atoms with Gasteiger partial charge in [-0.15, -0.1) is 0 Å². The van der Waals surface area contributed by atoms with Crippen molar-refractivity contribution in [3.8, 4) is 5.75 Å². The van der Waals surface area contributed by atoms with Crippen molar-refractivity contribution in [1.29, 1.82) is 0 Å². The van der Waals surface area contributed by atoms with Crippen LogP contribution in [0.1, 0.15) is 33.1 Å². The summed E-state index contributed by atoms with van der Waals surface area (Å²) in [5.74, 6) is -2.20. The first-order chi connectivity index (χ1) is 14.2. The van der Waals surface area contributed by atoms with Crippen molar-refractivity contribution in [2.75, 3.05) is 5.32 Å². The number of fused-ring (bicyclic) bond motifs is 1. The number of allylic oxidation sites excluding steroid dienone is 2. The zero-order valence-corrected chi connectivity index (χ0v) is 17.4. The maximum atomic E-state index is 13.0. The standard InChI is InChI=1S/C21H23ClF2N2O4/c1-11(2)9-16(26-19(28)13-5-3-4-6-14(13)20(26)29)18(27)25-12-7-8-17(15(22)10-12)30-21(23)24/h3-4,7-8,10-11,13-14,16,21H,5-6,9H2,1-2H3,(H,25,27). The molecule has 1 N–H and O–H groups in total. The number of nitrogens with zero attached hydrogens (tertiary/aromatic N) is 1. The van der Waals surface area contributed by atoms with Gasteiger partial charge in [0, 0.05) is 5.69 Å². The van der Waals surface area contributed by atoms with Crippen molar-refractivity contribution in [3.05, 3.63) is 35.4 Å². The highest BCUT2D eigenvalue weighted by molar-refractivity contribution is 6.32. The van der Waals surface area contributed by atoms with Crippen LogP contribution in [0.4, 0.5) is 14.5 Å². The molecule has 3 amide bonds. The molecule has 9 heteroatoms. The van der Waals surface area contributed by atoms with Gasteiger partial charge in [0.1, 0.15) is 11.8 Å². The van der Waals surface area contributed by atoms with Crippen LogP contribution in [-0.2, 0) is 14.4 Å². The molecule has 1 aromatic rings. The molecule has 30 heavy (non-hydrogen) atoms. The van der Waals surface area contributed by atoms with E-state index < -0.39 is 30.4 Å². The number of imide groups is 1. The highest BCUT2D eigenvalue weighted by Gasteiger charge is 2.51. The summed E-state index contributed by atoms with van der Waals surface area (Å²) in [6.45, 7) is 0.768. The van der Waals surface area contributed by atoms with Gasteiger partial charge in [-0.3, -0.25) is 19.3 Å². The van der Waals surface area contributed by atoms with E-state index in [4.69, 9.17) is 11.6 Å². The molecule has 1 heterocycles. The molecule has 0 radical (unpaired) electrons. The highest BCUT2D eigenvalue weighted by atomic mass is 35.5. The summed E-state index contributed by atoms with van der Waals surface area (Å²) in [5, 5.41) is 2.54. The number of anilines is 1. The van der Waals surface area contributed by atoms with Crippen molar-refractivity contribution in [3.63, 3.8) is 0 Å². The average molecular weight is 441 g/mol. The van der Waals surface area contributed by atoms with Crippen LogP contribution in [0.15, 0.2) is 30.4 Å². The zero-order valence-electron chi connectivity index (χ0n) is 16.6. The van der Waals surface area contributed by atoms with E-state index >= 15 is 0 Å². The topological polar surface area (TPSA) is 75.7 Å². The maximum Gasteiger partial charge on any atom is 0.387 e. The molecule has 3 atom stereocenters. The van der Waals surface area contributed by atoms with Gasteiger partial charge in [-0.2, -0.15) is 8.78 Å². The molecule has 3 rings (SSSR count). The third-order valence-electron chi connectivity index (χ3n) is 5.27. The smallest absolute Gasteiger partial charge is 0.387 e. The zero-order chi connectivity index (χ0) is 22.0. The van der Waals surface area contributed by atoms with E-state index in [9.17, 15) is 23.2 Å². The number of rotatable bonds is 7. The molecule has 1 saturated heterocycles. The second kappa shape index (κ2) is 9.12. The van der Waals surface area contributed by atoms with Gasteiger partial charge >= 0.3 is 6.61 Å². The number of nitrogens with one attached hydrogen (secondary N) is 1. The summed E-state index contributed by atoms with van der Waals surface area (Å²) in [4.78, 5) is 40.0. The van der Waals surface area contributed by atoms with E-state index in [1.807, 2.05) is 26.0 Å². The van der Waals surface area contributed by atoms with E-state index in [0.717, 1.165) is 4.90 Å². The van der Waals surface area contributed by atoms with Gasteiger partial charge in [-0.25, -0.2) is 0 Å². The SMILES string of the molecule is CC(C)CC(C(=O)Nc1ccc(OC(F)F)c(Cl)c1)N1C(=O)C2CC=CCC2C1=O. The number of benzene rings is 1. The van der Waals surface area contributed by atoms with Crippen LogP contribution in [0.25, 0.3) is 0 Å². The number of amides is 3. The van der Waals surface area contributed by atoms with Crippen molar-refractivity contribution in [1.82, 2.24) is 4.90 Å². The van der Waals surface area contributed by atoms with Crippen LogP contribution < -0.4 is 10.1 Å². The Labute approximate surface area is 178 Å². The summed E-state index contributed by atoms with van der Waals surface area (Å²) in [7, 11) is 0. The predicted octanol–water partition coefficient (Wildman–Crippen LogP) is 4.25. The normalized spacial score (nSPS) is 21.9. The van der Waals surface area contributed by atoms with Crippen molar-refractivity contribution in [2.24, 2.45) is 17.8 Å². The Hall–Kier alpha value is -2.48. The van der Waals surface area contributed by atoms with E-state index in [1.165, 1.54) is 18.2 Å². The molecule has 1 aromatic carbocycles. The highest BCUT2D eigenvalue weighted by Crippen LogP contribution is 2.37. The van der Waals surface area contributed by atoms with Gasteiger partial charge in [0.15, 0.2) is 0 Å². The summed E-state index contributed by atoms with van der Waals surface area (Å²) < 4.78 is 29.1. The first kappa shape index (κ1) is 22.2. The Morgan fingerprint density at radius 1 is 1.20 bits per heavy atom. The molecular formula is C21H23ClF2N2O4. The minimum Gasteiger partial charge on any atom is -0.433 e. The molecule has 162 valence electrons. The maximum absolute atomic E-state index is 13.0. The predicted molar refractivity (Wildman–Crippen MR) is 107 cm³/mol. The molecular weight excluding hydrogens is 418 g/mol. The molecule has 0 saturated carbocycles. The first-order valence-corrected chi connectivity index (χ1v) is 10.1. The van der Waals surface area contributed by atoms with Crippen LogP contribution in [0.3, 0.4) is 0 Å². The minimum atomic E-state index is -3.02. The van der Waals surface area contributed by atoms with Gasteiger partial charge < -0.3 is 10.1 Å². The number of hydrogen-bond donors (Lipinski definition) is 1. The molecule has 0 spiro atoms. The van der Waals surface area contributed by atoms with Gasteiger partial charge in [0.25, 0.3) is 0 Å². The molecule has 1 fully saturated rings. The fourth-order valence-corrected chi connectivity index (χ4v) is 4.13. The fraction of sp³-hybridized carbons (Fsp3) is 0.476. The molecule has 1 aliphatic heterocycles. The number of halogens is 3. The van der Waals surface area contributed by atoms with Crippen molar-refractivity contribution < 1.29 is 27.9 Å². The van der Waals surface area contributed by atoms with Crippen LogP contribution in [0.5, 0.6) is 5.75 Å². The molecule has 2 aliphatic rings. The van der Waals surface area contributed by atoms with E-state index in [-0.39, 0.29) is 34.2 Å². The van der Waals surface area contributed by atoms with E-state index in [0.29, 0.717) is 19.3 Å². The van der Waals surface area contributed by atoms with Crippen LogP contribution in [-0.4, -0.2) is 35.3 Å². The number of likely N-dealkylation sites (tertiary alicyclic amines) is 1. The number of hydrogen-bond acceptors (Lipinski definition) is 4. The number of alkyl halides is 2. The van der Waals surface area contributed by atoms with Gasteiger partial charge in [0.05, 0.1) is 16.9 Å². The largest absolute Gasteiger partial charge is 0.433 e. The fourth-order valence-electron chi connectivity index (χ4n) is 3.91. The number of carbonyl (C=O) groups excluding carboxylic acids is 3. The summed E-state index contributed by atoms with van der Waals surface area (Å²) >= 11 is 5.94. The Balaban J connectivity index is 1.80. The Bertz CT molecular complexity index is 849. The second-order valence-corrected chi connectivity index (χ2v) is 8.27. The monoisotopic (exact) mass is 440 g/mol. The Morgan fingerprint density at radius 2 is 1.80 bits per heavy atom. The van der Waals surface area contributed by atoms with E-state index in [1.54, 1.807) is 0 Å². The lowest BCUT2D eigenvalue weighted by atomic mass is 9.85. The van der Waals surface area contributed by atoms with Gasteiger partial charge in [0.2, 0.25) is 17.7 Å². The Morgan fingerprint density at radius 3 is 2.30 bits per heavy atom. The number of ether oxygens (including phenoxy) is 1. The second-order valence-electron chi connectivity index (χ2n) is 7.86. The van der Waals surface area contributed by atoms with Crippen LogP contribution in [0.2, 0.25) is 5.02 Å². The van der Waals surface area contributed by atoms with E-state index in [2.05, 4.69) is 10.1 Å². The van der Waals surface area contributed by atoms with Crippen molar-refractivity contribution in [2.45, 2.75) is 45.8 Å². The third kappa shape index (κ3) is 4.64. The number of carbonyl (C=O) groups is 3. The molecule has 1 aliphatic carbocycles. The average Bonchev–Trinajstić information content (AvgIpc) is 2.92. The van der Waals surface area contributed by atoms with Gasteiger partial charge in [-0.05, 0) is 43.4 Å². The lowest BCUT2D eigenvalue weighted by Gasteiger charge is -2.27. The Kier molecular flexibility index (Phi) is 6.75. The molecule has 6 nitrogen and oxygen atoms in total. The minimum absolute atomic E-state index is 0.0486. The molecule has 3 unspecified atom stereocenters. The van der Waals surface area contributed by atoms with Gasteiger partial charge in [-0.1, -0.05) is 37.6 Å². The van der Waals surface area contributed by atoms with Crippen molar-refractivity contribution >= 4 is 35.0 Å². The molecule has 0 aromatic heterocycles. The summed E-state index contributed by atoms with van der Waals surface area (Å²) in [5.41, 5.74) is 0.249. The third-order valence-corrected chi connectivity index (χ3v) is 5.56. The van der Waals surface area contributed by atoms with Crippen LogP contribution in [0, 0.1) is 17.8 Å².